The molecule has 4 nitrogen and oxygen atoms in total. The lowest BCUT2D eigenvalue weighted by molar-refractivity contribution is 0.159. The summed E-state index contributed by atoms with van der Waals surface area (Å²) in [6.45, 7) is 12.4. The van der Waals surface area contributed by atoms with E-state index in [1.165, 1.54) is 0 Å². The highest BCUT2D eigenvalue weighted by Crippen LogP contribution is 2.09. The summed E-state index contributed by atoms with van der Waals surface area (Å²) in [4.78, 5) is 0. The molecule has 0 aromatic rings. The number of aliphatic hydroxyl groups excluding tert-OH is 2. The molecule has 0 bridgehead atoms. The molecule has 0 heterocycles. The molecule has 104 valence electrons. The van der Waals surface area contributed by atoms with Gasteiger partial charge in [0, 0.05) is 23.2 Å². The molecule has 0 aromatic carbocycles. The van der Waals surface area contributed by atoms with Crippen LogP contribution in [0, 0.1) is 0 Å². The second kappa shape index (κ2) is 6.69. The van der Waals surface area contributed by atoms with E-state index in [4.69, 9.17) is 0 Å². The Balaban J connectivity index is 4.08. The molecule has 0 rings (SSSR count). The topological polar surface area (TPSA) is 64.5 Å². The maximum atomic E-state index is 9.19. The summed E-state index contributed by atoms with van der Waals surface area (Å²) >= 11 is 0. The molecule has 0 spiro atoms. The largest absolute Gasteiger partial charge is 0.394 e. The van der Waals surface area contributed by atoms with E-state index in [2.05, 4.69) is 24.5 Å². The number of rotatable bonds is 8. The minimum atomic E-state index is -0.244. The smallest absolute Gasteiger partial charge is 0.0607 e. The molecule has 2 unspecified atom stereocenters. The van der Waals surface area contributed by atoms with E-state index in [9.17, 15) is 10.2 Å². The normalized spacial score (nSPS) is 16.9. The zero-order chi connectivity index (χ0) is 13.7. The summed E-state index contributed by atoms with van der Waals surface area (Å²) in [5, 5.41) is 25.2. The van der Waals surface area contributed by atoms with Crippen molar-refractivity contribution in [3.63, 3.8) is 0 Å². The lowest BCUT2D eigenvalue weighted by Crippen LogP contribution is -2.52. The molecule has 4 N–H and O–H groups in total. The Hall–Kier alpha value is -0.160. The second-order valence-corrected chi connectivity index (χ2v) is 6.41. The molecule has 0 saturated carbocycles. The first kappa shape index (κ1) is 16.8. The van der Waals surface area contributed by atoms with Gasteiger partial charge in [-0.2, -0.15) is 0 Å². The van der Waals surface area contributed by atoms with E-state index >= 15 is 0 Å². The van der Waals surface area contributed by atoms with Crippen LogP contribution in [-0.4, -0.2) is 46.6 Å². The van der Waals surface area contributed by atoms with Crippen molar-refractivity contribution in [1.82, 2.24) is 10.6 Å². The van der Waals surface area contributed by atoms with E-state index < -0.39 is 0 Å². The third kappa shape index (κ3) is 7.71. The van der Waals surface area contributed by atoms with Crippen molar-refractivity contribution in [2.24, 2.45) is 0 Å². The van der Waals surface area contributed by atoms with Gasteiger partial charge in [-0.15, -0.1) is 0 Å². The molecule has 0 saturated heterocycles. The Morgan fingerprint density at radius 1 is 0.824 bits per heavy atom. The van der Waals surface area contributed by atoms with Gasteiger partial charge >= 0.3 is 0 Å². The van der Waals surface area contributed by atoms with Crippen LogP contribution in [0.3, 0.4) is 0 Å². The molecule has 0 aromatic heterocycles. The fourth-order valence-corrected chi connectivity index (χ4v) is 2.07. The average molecular weight is 246 g/mol. The van der Waals surface area contributed by atoms with Crippen molar-refractivity contribution in [2.75, 3.05) is 13.2 Å². The molecule has 2 atom stereocenters. The average Bonchev–Trinajstić information content (AvgIpc) is 2.15. The molecular weight excluding hydrogens is 216 g/mol. The maximum absolute atomic E-state index is 9.19. The van der Waals surface area contributed by atoms with Gasteiger partial charge in [-0.3, -0.25) is 0 Å². The first-order valence-corrected chi connectivity index (χ1v) is 6.39. The van der Waals surface area contributed by atoms with Gasteiger partial charge in [0.1, 0.15) is 0 Å². The minimum absolute atomic E-state index is 0.126. The van der Waals surface area contributed by atoms with Crippen LogP contribution < -0.4 is 10.6 Å². The Kier molecular flexibility index (Phi) is 6.62. The first-order valence-electron chi connectivity index (χ1n) is 6.39. The minimum Gasteiger partial charge on any atom is -0.394 e. The lowest BCUT2D eigenvalue weighted by Gasteiger charge is -2.33. The Morgan fingerprint density at radius 2 is 1.12 bits per heavy atom. The predicted molar refractivity (Wildman–Crippen MR) is 72.1 cm³/mol. The second-order valence-electron chi connectivity index (χ2n) is 6.41. The Labute approximate surface area is 106 Å². The standard InChI is InChI=1S/C13H30N2O2/c1-10(14-12(3,4)8-16)7-11(2)15-13(5,6)9-17/h10-11,14-17H,7-9H2,1-6H3. The number of hydrogen-bond acceptors (Lipinski definition) is 4. The van der Waals surface area contributed by atoms with Gasteiger partial charge in [-0.05, 0) is 48.0 Å². The van der Waals surface area contributed by atoms with Crippen LogP contribution in [0.5, 0.6) is 0 Å². The van der Waals surface area contributed by atoms with Crippen LogP contribution in [0.15, 0.2) is 0 Å². The molecular formula is C13H30N2O2. The molecule has 0 aliphatic heterocycles. The summed E-state index contributed by atoms with van der Waals surface area (Å²) in [6.07, 6.45) is 0.951. The van der Waals surface area contributed by atoms with Crippen LogP contribution in [-0.2, 0) is 0 Å². The zero-order valence-corrected chi connectivity index (χ0v) is 12.2. The van der Waals surface area contributed by atoms with Crippen LogP contribution in [0.1, 0.15) is 48.0 Å². The van der Waals surface area contributed by atoms with Gasteiger partial charge in [0.2, 0.25) is 0 Å². The van der Waals surface area contributed by atoms with Crippen LogP contribution in [0.25, 0.3) is 0 Å². The molecule has 0 aliphatic carbocycles. The SMILES string of the molecule is CC(CC(C)NC(C)(C)CO)NC(C)(C)CO. The third-order valence-corrected chi connectivity index (χ3v) is 2.77. The first-order chi connectivity index (χ1) is 7.62. The van der Waals surface area contributed by atoms with E-state index in [0.717, 1.165) is 6.42 Å². The quantitative estimate of drug-likeness (QED) is 0.513. The summed E-state index contributed by atoms with van der Waals surface area (Å²) in [5.74, 6) is 0. The van der Waals surface area contributed by atoms with E-state index in [0.29, 0.717) is 12.1 Å². The van der Waals surface area contributed by atoms with Gasteiger partial charge in [-0.25, -0.2) is 0 Å². The summed E-state index contributed by atoms with van der Waals surface area (Å²) < 4.78 is 0. The molecule has 0 fully saturated rings. The van der Waals surface area contributed by atoms with Crippen LogP contribution in [0.4, 0.5) is 0 Å². The third-order valence-electron chi connectivity index (χ3n) is 2.77. The summed E-state index contributed by atoms with van der Waals surface area (Å²) in [5.41, 5.74) is -0.489. The highest BCUT2D eigenvalue weighted by molar-refractivity contribution is 4.84. The lowest BCUT2D eigenvalue weighted by atomic mass is 10.00. The molecule has 0 aliphatic rings. The van der Waals surface area contributed by atoms with Crippen molar-refractivity contribution in [3.8, 4) is 0 Å². The molecule has 0 radical (unpaired) electrons. The van der Waals surface area contributed by atoms with Gasteiger partial charge in [0.05, 0.1) is 13.2 Å². The highest BCUT2D eigenvalue weighted by Gasteiger charge is 2.23. The fraction of sp³-hybridized carbons (Fsp3) is 1.00. The van der Waals surface area contributed by atoms with Crippen molar-refractivity contribution in [1.29, 1.82) is 0 Å². The van der Waals surface area contributed by atoms with E-state index in [1.54, 1.807) is 0 Å². The Morgan fingerprint density at radius 3 is 1.35 bits per heavy atom. The molecule has 17 heavy (non-hydrogen) atoms. The number of hydrogen-bond donors (Lipinski definition) is 4. The van der Waals surface area contributed by atoms with Gasteiger partial charge in [-0.1, -0.05) is 0 Å². The Bertz CT molecular complexity index is 195. The molecule has 4 heteroatoms. The number of aliphatic hydroxyl groups is 2. The van der Waals surface area contributed by atoms with Crippen molar-refractivity contribution >= 4 is 0 Å². The maximum Gasteiger partial charge on any atom is 0.0607 e. The monoisotopic (exact) mass is 246 g/mol. The number of nitrogens with one attached hydrogen (secondary N) is 2. The van der Waals surface area contributed by atoms with Gasteiger partial charge < -0.3 is 20.8 Å². The summed E-state index contributed by atoms with van der Waals surface area (Å²) in [7, 11) is 0. The summed E-state index contributed by atoms with van der Waals surface area (Å²) in [6, 6.07) is 0.628. The molecule has 0 amide bonds. The fourth-order valence-electron chi connectivity index (χ4n) is 2.07. The zero-order valence-electron chi connectivity index (χ0n) is 12.2. The van der Waals surface area contributed by atoms with Gasteiger partial charge in [0.15, 0.2) is 0 Å². The van der Waals surface area contributed by atoms with Crippen LogP contribution in [0.2, 0.25) is 0 Å². The van der Waals surface area contributed by atoms with Crippen molar-refractivity contribution in [2.45, 2.75) is 71.1 Å². The van der Waals surface area contributed by atoms with Crippen molar-refractivity contribution in [3.05, 3.63) is 0 Å². The highest BCUT2D eigenvalue weighted by atomic mass is 16.3. The predicted octanol–water partition coefficient (Wildman–Crippen LogP) is 0.875. The van der Waals surface area contributed by atoms with Crippen LogP contribution >= 0.6 is 0 Å². The van der Waals surface area contributed by atoms with E-state index in [-0.39, 0.29) is 24.3 Å². The van der Waals surface area contributed by atoms with E-state index in [1.807, 2.05) is 27.7 Å². The van der Waals surface area contributed by atoms with Crippen molar-refractivity contribution < 1.29 is 10.2 Å². The van der Waals surface area contributed by atoms with Gasteiger partial charge in [0.25, 0.3) is 0 Å².